The lowest BCUT2D eigenvalue weighted by molar-refractivity contribution is -0.119. The molecule has 1 N–H and O–H groups in total. The highest BCUT2D eigenvalue weighted by Gasteiger charge is 2.15. The second kappa shape index (κ2) is 9.19. The van der Waals surface area contributed by atoms with Crippen molar-refractivity contribution in [1.82, 2.24) is 0 Å². The average Bonchev–Trinajstić information content (AvgIpc) is 2.61. The minimum atomic E-state index is -2.61. The number of amides is 1. The summed E-state index contributed by atoms with van der Waals surface area (Å²) >= 11 is 0.324. The first-order valence-electron chi connectivity index (χ1n) is 7.56. The van der Waals surface area contributed by atoms with Crippen molar-refractivity contribution in [3.63, 3.8) is 0 Å². The molecule has 0 saturated heterocycles. The fourth-order valence-electron chi connectivity index (χ4n) is 2.12. The highest BCUT2D eigenvalue weighted by molar-refractivity contribution is 7.99. The van der Waals surface area contributed by atoms with Crippen molar-refractivity contribution in [1.29, 1.82) is 0 Å². The van der Waals surface area contributed by atoms with Crippen molar-refractivity contribution in [3.8, 4) is 5.75 Å². The topological polar surface area (TPSA) is 64.6 Å². The molecule has 2 aromatic carbocycles. The smallest absolute Gasteiger partial charge is 0.338 e. The summed E-state index contributed by atoms with van der Waals surface area (Å²) in [7, 11) is 1.49. The van der Waals surface area contributed by atoms with Gasteiger partial charge in [-0.15, -0.1) is 0 Å². The van der Waals surface area contributed by atoms with Gasteiger partial charge in [-0.3, -0.25) is 4.79 Å². The maximum absolute atomic E-state index is 12.5. The molecule has 138 valence electrons. The number of carbonyl (C=O) groups excluding carboxylic acids is 2. The third-order valence-electron chi connectivity index (χ3n) is 3.36. The molecule has 2 rings (SSSR count). The summed E-state index contributed by atoms with van der Waals surface area (Å²) in [6, 6.07) is 10.9. The minimum absolute atomic E-state index is 0.227. The standard InChI is InChI=1S/C18H17F2NO4S/c1-11-7-8-12(9-14(11)24-2)17(23)25-10-16(22)21-13-5-3-4-6-15(13)26-18(19)20/h3-9,18H,10H2,1-2H3,(H,21,22). The number of methoxy groups -OCH3 is 1. The lowest BCUT2D eigenvalue weighted by Crippen LogP contribution is -2.21. The average molecular weight is 381 g/mol. The first-order chi connectivity index (χ1) is 12.4. The molecule has 0 saturated carbocycles. The monoisotopic (exact) mass is 381 g/mol. The Labute approximate surface area is 153 Å². The SMILES string of the molecule is COc1cc(C(=O)OCC(=O)Nc2ccccc2SC(F)F)ccc1C. The Morgan fingerprint density at radius 2 is 1.92 bits per heavy atom. The predicted octanol–water partition coefficient (Wildman–Crippen LogP) is 4.11. The first kappa shape index (κ1) is 19.7. The van der Waals surface area contributed by atoms with Crippen molar-refractivity contribution in [2.45, 2.75) is 17.6 Å². The molecule has 0 aliphatic heterocycles. The first-order valence-corrected chi connectivity index (χ1v) is 8.44. The Hall–Kier alpha value is -2.61. The number of alkyl halides is 2. The Morgan fingerprint density at radius 3 is 2.62 bits per heavy atom. The summed E-state index contributed by atoms with van der Waals surface area (Å²) in [5.74, 6) is -3.39. The molecule has 2 aromatic rings. The van der Waals surface area contributed by atoms with Gasteiger partial charge in [0, 0.05) is 4.90 Å². The zero-order valence-electron chi connectivity index (χ0n) is 14.1. The number of hydrogen-bond acceptors (Lipinski definition) is 5. The number of benzene rings is 2. The van der Waals surface area contributed by atoms with Crippen LogP contribution in [0.15, 0.2) is 47.4 Å². The molecule has 0 aromatic heterocycles. The number of esters is 1. The van der Waals surface area contributed by atoms with E-state index in [1.807, 2.05) is 6.92 Å². The van der Waals surface area contributed by atoms with E-state index in [1.165, 1.54) is 25.3 Å². The summed E-state index contributed by atoms with van der Waals surface area (Å²) < 4.78 is 35.2. The van der Waals surface area contributed by atoms with Gasteiger partial charge in [-0.1, -0.05) is 30.0 Å². The molecule has 0 heterocycles. The number of anilines is 1. The van der Waals surface area contributed by atoms with Crippen LogP contribution < -0.4 is 10.1 Å². The number of nitrogens with one attached hydrogen (secondary N) is 1. The number of rotatable bonds is 7. The van der Waals surface area contributed by atoms with Gasteiger partial charge in [0.1, 0.15) is 5.75 Å². The molecule has 26 heavy (non-hydrogen) atoms. The number of aryl methyl sites for hydroxylation is 1. The van der Waals surface area contributed by atoms with Crippen molar-refractivity contribution in [2.24, 2.45) is 0 Å². The minimum Gasteiger partial charge on any atom is -0.496 e. The normalized spacial score (nSPS) is 10.5. The molecule has 0 bridgehead atoms. The van der Waals surface area contributed by atoms with Crippen molar-refractivity contribution >= 4 is 29.3 Å². The van der Waals surface area contributed by atoms with Crippen LogP contribution in [0.1, 0.15) is 15.9 Å². The van der Waals surface area contributed by atoms with E-state index >= 15 is 0 Å². The summed E-state index contributed by atoms with van der Waals surface area (Å²) in [6.45, 7) is 1.29. The van der Waals surface area contributed by atoms with E-state index in [2.05, 4.69) is 5.32 Å². The number of ether oxygens (including phenoxy) is 2. The van der Waals surface area contributed by atoms with Gasteiger partial charge < -0.3 is 14.8 Å². The van der Waals surface area contributed by atoms with E-state index in [0.717, 1.165) is 5.56 Å². The molecule has 0 aliphatic carbocycles. The van der Waals surface area contributed by atoms with Crippen molar-refractivity contribution in [2.75, 3.05) is 19.0 Å². The van der Waals surface area contributed by atoms with Crippen LogP contribution in [0.25, 0.3) is 0 Å². The maximum Gasteiger partial charge on any atom is 0.338 e. The van der Waals surface area contributed by atoms with E-state index in [0.29, 0.717) is 17.5 Å². The molecule has 8 heteroatoms. The van der Waals surface area contributed by atoms with Gasteiger partial charge in [-0.2, -0.15) is 8.78 Å². The van der Waals surface area contributed by atoms with E-state index in [-0.39, 0.29) is 16.1 Å². The van der Waals surface area contributed by atoms with Gasteiger partial charge in [-0.05, 0) is 36.8 Å². The summed E-state index contributed by atoms with van der Waals surface area (Å²) in [6.07, 6.45) is 0. The lowest BCUT2D eigenvalue weighted by Gasteiger charge is -2.11. The molecule has 1 amide bonds. The largest absolute Gasteiger partial charge is 0.496 e. The molecular weight excluding hydrogens is 364 g/mol. The van der Waals surface area contributed by atoms with Gasteiger partial charge in [0.25, 0.3) is 11.7 Å². The molecule has 0 spiro atoms. The summed E-state index contributed by atoms with van der Waals surface area (Å²) in [5, 5.41) is 2.46. The third kappa shape index (κ3) is 5.45. The van der Waals surface area contributed by atoms with E-state index < -0.39 is 24.2 Å². The molecule has 0 atom stereocenters. The number of carbonyl (C=O) groups is 2. The van der Waals surface area contributed by atoms with Crippen molar-refractivity contribution in [3.05, 3.63) is 53.6 Å². The Morgan fingerprint density at radius 1 is 1.19 bits per heavy atom. The molecule has 0 aliphatic rings. The third-order valence-corrected chi connectivity index (χ3v) is 4.14. The lowest BCUT2D eigenvalue weighted by atomic mass is 10.1. The van der Waals surface area contributed by atoms with Crippen LogP contribution in [-0.2, 0) is 9.53 Å². The van der Waals surface area contributed by atoms with Crippen LogP contribution in [0, 0.1) is 6.92 Å². The van der Waals surface area contributed by atoms with Gasteiger partial charge in [0.15, 0.2) is 6.61 Å². The number of para-hydroxylation sites is 1. The van der Waals surface area contributed by atoms with E-state index in [4.69, 9.17) is 9.47 Å². The summed E-state index contributed by atoms with van der Waals surface area (Å²) in [5.41, 5.74) is 1.33. The van der Waals surface area contributed by atoms with Gasteiger partial charge in [-0.25, -0.2) is 4.79 Å². The summed E-state index contributed by atoms with van der Waals surface area (Å²) in [4.78, 5) is 24.2. The van der Waals surface area contributed by atoms with Crippen LogP contribution in [-0.4, -0.2) is 31.4 Å². The molecule has 5 nitrogen and oxygen atoms in total. The van der Waals surface area contributed by atoms with Crippen LogP contribution >= 0.6 is 11.8 Å². The quantitative estimate of drug-likeness (QED) is 0.578. The van der Waals surface area contributed by atoms with E-state index in [1.54, 1.807) is 24.3 Å². The zero-order chi connectivity index (χ0) is 19.1. The van der Waals surface area contributed by atoms with Gasteiger partial charge in [0.05, 0.1) is 18.4 Å². The van der Waals surface area contributed by atoms with E-state index in [9.17, 15) is 18.4 Å². The zero-order valence-corrected chi connectivity index (χ0v) is 14.9. The Kier molecular flexibility index (Phi) is 6.97. The van der Waals surface area contributed by atoms with Crippen LogP contribution in [0.4, 0.5) is 14.5 Å². The number of halogens is 2. The second-order valence-corrected chi connectivity index (χ2v) is 6.22. The highest BCUT2D eigenvalue weighted by Crippen LogP contribution is 2.31. The van der Waals surface area contributed by atoms with Gasteiger partial charge in [0.2, 0.25) is 0 Å². The van der Waals surface area contributed by atoms with Crippen molar-refractivity contribution < 1.29 is 27.8 Å². The molecular formula is C18H17F2NO4S. The van der Waals surface area contributed by atoms with Crippen LogP contribution in [0.5, 0.6) is 5.75 Å². The fraction of sp³-hybridized carbons (Fsp3) is 0.222. The number of thioether (sulfide) groups is 1. The van der Waals surface area contributed by atoms with Crippen LogP contribution in [0.2, 0.25) is 0 Å². The Balaban J connectivity index is 1.96. The maximum atomic E-state index is 12.5. The molecule has 0 unspecified atom stereocenters. The molecule has 0 fully saturated rings. The second-order valence-electron chi connectivity index (χ2n) is 5.18. The highest BCUT2D eigenvalue weighted by atomic mass is 32.2. The Bertz CT molecular complexity index is 799. The molecule has 0 radical (unpaired) electrons. The van der Waals surface area contributed by atoms with Gasteiger partial charge >= 0.3 is 5.97 Å². The fourth-order valence-corrected chi connectivity index (χ4v) is 2.71. The predicted molar refractivity (Wildman–Crippen MR) is 94.9 cm³/mol. The number of hydrogen-bond donors (Lipinski definition) is 1. The van der Waals surface area contributed by atoms with Crippen LogP contribution in [0.3, 0.4) is 0 Å².